The number of morpholine rings is 3. The summed E-state index contributed by atoms with van der Waals surface area (Å²) in [7, 11) is 0. The molecule has 6 heterocycles. The van der Waals surface area contributed by atoms with Crippen LogP contribution in [0.25, 0.3) is 22.3 Å². The van der Waals surface area contributed by atoms with E-state index in [1.54, 1.807) is 42.5 Å². The third-order valence-corrected chi connectivity index (χ3v) is 11.3. The Morgan fingerprint density at radius 2 is 1.00 bits per heavy atom. The monoisotopic (exact) mass is 993 g/mol. The van der Waals surface area contributed by atoms with Crippen molar-refractivity contribution in [1.29, 1.82) is 0 Å². The fourth-order valence-electron chi connectivity index (χ4n) is 6.86. The molecule has 0 spiro atoms. The first-order valence-corrected chi connectivity index (χ1v) is 21.5. The van der Waals surface area contributed by atoms with Gasteiger partial charge in [-0.3, -0.25) is 0 Å². The number of hydrogen-bond acceptors (Lipinski definition) is 13. The van der Waals surface area contributed by atoms with Crippen molar-refractivity contribution in [2.45, 2.75) is 28.7 Å². The minimum absolute atomic E-state index is 0. The van der Waals surface area contributed by atoms with E-state index in [-0.39, 0.29) is 44.1 Å². The molecule has 2 aromatic carbocycles. The quantitative estimate of drug-likeness (QED) is 0.0863. The molecule has 19 heteroatoms. The molecule has 3 saturated heterocycles. The molecular weight excluding hydrogens is 938 g/mol. The Morgan fingerprint density at radius 1 is 0.609 bits per heavy atom. The number of aliphatic hydroxyl groups excluding tert-OH is 1. The van der Waals surface area contributed by atoms with E-state index in [4.69, 9.17) is 54.0 Å². The topological polar surface area (TPSA) is 160 Å². The number of nitrogens with two attached hydrogens (primary N) is 2. The standard InChI is InChI=1S/C18H23FN4O2.C16H17ClFN3O.C9H9BrClFN2O.2CH4/c1-12-2-3-13(20)10-14(12)15-11-16(23-5-8-25-9-6-23)22-18(17(15)19)21-4-7-24;1-10-2-3-11(19)8-12(10)13-9-14(20-16(17)15(13)18)21-4-6-22-7-5-21;10-6-5-7(13-9(11)8(6)12)14-1-3-15-4-2-14;;/h2-3,10-11,24H,4-9,20H2,1H3,(H,21,22);2-3,8-9H,4-7,19H2,1H3;5H,1-4H2;2*1H4. The zero-order valence-corrected chi connectivity index (χ0v) is 37.5. The van der Waals surface area contributed by atoms with Gasteiger partial charge in [0.2, 0.25) is 0 Å². The van der Waals surface area contributed by atoms with E-state index in [2.05, 4.69) is 41.1 Å². The maximum Gasteiger partial charge on any atom is 0.174 e. The third kappa shape index (κ3) is 13.2. The van der Waals surface area contributed by atoms with Gasteiger partial charge in [0.15, 0.2) is 33.6 Å². The first-order valence-electron chi connectivity index (χ1n) is 20.0. The number of benzene rings is 2. The zero-order chi connectivity index (χ0) is 44.3. The first-order chi connectivity index (χ1) is 29.8. The highest BCUT2D eigenvalue weighted by atomic mass is 79.9. The molecule has 3 aliphatic rings. The second-order valence-electron chi connectivity index (χ2n) is 14.5. The van der Waals surface area contributed by atoms with Crippen LogP contribution in [0.4, 0.5) is 47.8 Å². The van der Waals surface area contributed by atoms with Crippen LogP contribution in [-0.2, 0) is 14.2 Å². The van der Waals surface area contributed by atoms with Gasteiger partial charge in [0.1, 0.15) is 17.5 Å². The Bertz CT molecular complexity index is 2300. The molecule has 6 N–H and O–H groups in total. The van der Waals surface area contributed by atoms with Crippen LogP contribution in [0, 0.1) is 31.3 Å². The first kappa shape index (κ1) is 52.0. The van der Waals surface area contributed by atoms with Gasteiger partial charge in [0.05, 0.1) is 50.7 Å². The second-order valence-corrected chi connectivity index (χ2v) is 16.1. The lowest BCUT2D eigenvalue weighted by Gasteiger charge is -2.29. The number of nitrogen functional groups attached to an aromatic ring is 2. The predicted octanol–water partition coefficient (Wildman–Crippen LogP) is 9.03. The molecule has 3 aliphatic heterocycles. The normalized spacial score (nSPS) is 14.9. The van der Waals surface area contributed by atoms with Gasteiger partial charge >= 0.3 is 0 Å². The minimum Gasteiger partial charge on any atom is -0.399 e. The summed E-state index contributed by atoms with van der Waals surface area (Å²) in [5.41, 5.74) is 17.1. The van der Waals surface area contributed by atoms with Crippen LogP contribution in [0.2, 0.25) is 10.3 Å². The Morgan fingerprint density at radius 3 is 1.42 bits per heavy atom. The lowest BCUT2D eigenvalue weighted by molar-refractivity contribution is 0.122. The number of pyridine rings is 3. The van der Waals surface area contributed by atoms with E-state index in [9.17, 15) is 8.78 Å². The summed E-state index contributed by atoms with van der Waals surface area (Å²) in [5, 5.41) is 11.7. The number of ether oxygens (including phenoxy) is 3. The highest BCUT2D eigenvalue weighted by molar-refractivity contribution is 9.10. The molecule has 64 heavy (non-hydrogen) atoms. The Hall–Kier alpha value is -4.62. The Labute approximate surface area is 392 Å². The third-order valence-electron chi connectivity index (χ3n) is 10.2. The molecule has 0 radical (unpaired) electrons. The fraction of sp³-hybridized carbons (Fsp3) is 0.400. The SMILES string of the molecule is C.C.Cc1ccc(N)cc1-c1cc(N2CCOCC2)nc(Cl)c1F.Cc1ccc(N)cc1-c1cc(N2CCOCC2)nc(NCCO)c1F.Fc1c(Br)cc(N2CCOCC2)nc1Cl. The van der Waals surface area contributed by atoms with Crippen LogP contribution in [-0.4, -0.2) is 112 Å². The average molecular weight is 996 g/mol. The van der Waals surface area contributed by atoms with Crippen LogP contribution in [0.15, 0.2) is 59.1 Å². The number of aliphatic hydroxyl groups is 1. The highest BCUT2D eigenvalue weighted by Crippen LogP contribution is 2.35. The van der Waals surface area contributed by atoms with Crippen molar-refractivity contribution in [1.82, 2.24) is 15.0 Å². The minimum atomic E-state index is -0.521. The lowest BCUT2D eigenvalue weighted by Crippen LogP contribution is -2.37. The van der Waals surface area contributed by atoms with Gasteiger partial charge in [-0.25, -0.2) is 28.1 Å². The summed E-state index contributed by atoms with van der Waals surface area (Å²) in [6, 6.07) is 16.0. The molecule has 348 valence electrons. The number of hydrogen-bond donors (Lipinski definition) is 4. The molecule has 13 nitrogen and oxygen atoms in total. The van der Waals surface area contributed by atoms with Gasteiger partial charge in [-0.15, -0.1) is 0 Å². The summed E-state index contributed by atoms with van der Waals surface area (Å²) in [5.74, 6) is 0.667. The molecular formula is C45H57BrCl2F3N9O4. The number of anilines is 6. The summed E-state index contributed by atoms with van der Waals surface area (Å²) < 4.78 is 59.0. The Kier molecular flexibility index (Phi) is 20.0. The molecule has 3 aromatic heterocycles. The van der Waals surface area contributed by atoms with Crippen molar-refractivity contribution in [2.75, 3.05) is 124 Å². The van der Waals surface area contributed by atoms with Gasteiger partial charge in [0, 0.05) is 68.3 Å². The van der Waals surface area contributed by atoms with E-state index >= 15 is 4.39 Å². The highest BCUT2D eigenvalue weighted by Gasteiger charge is 2.22. The van der Waals surface area contributed by atoms with Crippen molar-refractivity contribution in [3.63, 3.8) is 0 Å². The number of nitrogens with zero attached hydrogens (tertiary/aromatic N) is 6. The van der Waals surface area contributed by atoms with Crippen LogP contribution < -0.4 is 31.5 Å². The molecule has 0 saturated carbocycles. The number of halogens is 6. The number of rotatable bonds is 8. The van der Waals surface area contributed by atoms with Crippen molar-refractivity contribution >= 4 is 73.8 Å². The average Bonchev–Trinajstić information content (AvgIpc) is 3.29. The molecule has 0 atom stereocenters. The van der Waals surface area contributed by atoms with E-state index in [0.29, 0.717) is 110 Å². The number of aryl methyl sites for hydroxylation is 2. The smallest absolute Gasteiger partial charge is 0.174 e. The summed E-state index contributed by atoms with van der Waals surface area (Å²) in [6.07, 6.45) is 0. The van der Waals surface area contributed by atoms with E-state index < -0.39 is 17.5 Å². The fourth-order valence-corrected chi connectivity index (χ4v) is 7.75. The largest absolute Gasteiger partial charge is 0.399 e. The van der Waals surface area contributed by atoms with Crippen LogP contribution in [0.1, 0.15) is 26.0 Å². The molecule has 0 bridgehead atoms. The van der Waals surface area contributed by atoms with Gasteiger partial charge < -0.3 is 50.8 Å². The van der Waals surface area contributed by atoms with E-state index in [1.165, 1.54) is 0 Å². The van der Waals surface area contributed by atoms with Gasteiger partial charge in [-0.1, -0.05) is 50.2 Å². The molecule has 8 rings (SSSR count). The second kappa shape index (κ2) is 24.6. The predicted molar refractivity (Wildman–Crippen MR) is 258 cm³/mol. The molecule has 3 fully saturated rings. The molecule has 5 aromatic rings. The van der Waals surface area contributed by atoms with Crippen molar-refractivity contribution < 1.29 is 32.5 Å². The summed E-state index contributed by atoms with van der Waals surface area (Å²) in [6.45, 7) is 12.1. The maximum absolute atomic E-state index is 15.0. The van der Waals surface area contributed by atoms with Crippen molar-refractivity contribution in [3.05, 3.63) is 98.0 Å². The van der Waals surface area contributed by atoms with Gasteiger partial charge in [-0.05, 0) is 94.5 Å². The molecule has 0 aliphatic carbocycles. The summed E-state index contributed by atoms with van der Waals surface area (Å²) >= 11 is 14.8. The molecule has 0 amide bonds. The molecule has 0 unspecified atom stereocenters. The van der Waals surface area contributed by atoms with Gasteiger partial charge in [0.25, 0.3) is 0 Å². The lowest BCUT2D eigenvalue weighted by atomic mass is 9.99. The number of nitrogens with one attached hydrogen (secondary N) is 1. The van der Waals surface area contributed by atoms with Crippen LogP contribution >= 0.6 is 39.1 Å². The van der Waals surface area contributed by atoms with E-state index in [0.717, 1.165) is 35.3 Å². The van der Waals surface area contributed by atoms with Crippen LogP contribution in [0.3, 0.4) is 0 Å². The van der Waals surface area contributed by atoms with Crippen LogP contribution in [0.5, 0.6) is 0 Å². The van der Waals surface area contributed by atoms with Crippen molar-refractivity contribution in [3.8, 4) is 22.3 Å². The maximum atomic E-state index is 15.0. The zero-order valence-electron chi connectivity index (χ0n) is 34.4. The van der Waals surface area contributed by atoms with Gasteiger partial charge in [-0.2, -0.15) is 0 Å². The Balaban J connectivity index is 0.000000213. The van der Waals surface area contributed by atoms with E-state index in [1.807, 2.05) is 35.8 Å². The number of aromatic nitrogens is 3. The summed E-state index contributed by atoms with van der Waals surface area (Å²) in [4.78, 5) is 18.7. The van der Waals surface area contributed by atoms with Crippen molar-refractivity contribution in [2.24, 2.45) is 0 Å².